The van der Waals surface area contributed by atoms with Crippen molar-refractivity contribution in [1.29, 1.82) is 0 Å². The third kappa shape index (κ3) is 3.53. The smallest absolute Gasteiger partial charge is 0.381 e. The van der Waals surface area contributed by atoms with Gasteiger partial charge in [-0.05, 0) is 25.8 Å². The third-order valence-corrected chi connectivity index (χ3v) is 4.74. The molecule has 140 valence electrons. The number of aromatic nitrogens is 4. The molecule has 2 N–H and O–H groups in total. The highest BCUT2D eigenvalue weighted by atomic mass is 32.1. The van der Waals surface area contributed by atoms with Crippen LogP contribution in [0.25, 0.3) is 5.13 Å². The van der Waals surface area contributed by atoms with E-state index in [2.05, 4.69) is 25.9 Å². The molecular formula is C16H16N6O4S. The van der Waals surface area contributed by atoms with Gasteiger partial charge in [0.2, 0.25) is 16.0 Å². The van der Waals surface area contributed by atoms with Gasteiger partial charge in [-0.3, -0.25) is 10.1 Å². The molecule has 0 atom stereocenters. The van der Waals surface area contributed by atoms with E-state index >= 15 is 0 Å². The molecule has 0 spiro atoms. The monoisotopic (exact) mass is 388 g/mol. The van der Waals surface area contributed by atoms with Gasteiger partial charge in [-0.1, -0.05) is 11.3 Å². The van der Waals surface area contributed by atoms with Gasteiger partial charge in [-0.15, -0.1) is 10.2 Å². The zero-order valence-corrected chi connectivity index (χ0v) is 15.4. The van der Waals surface area contributed by atoms with Gasteiger partial charge in [0.05, 0.1) is 12.8 Å². The molecule has 3 aromatic heterocycles. The van der Waals surface area contributed by atoms with Crippen molar-refractivity contribution in [2.45, 2.75) is 25.8 Å². The fourth-order valence-corrected chi connectivity index (χ4v) is 3.18. The molecule has 27 heavy (non-hydrogen) atoms. The molecule has 0 aromatic carbocycles. The van der Waals surface area contributed by atoms with Crippen molar-refractivity contribution in [2.24, 2.45) is 0 Å². The molecule has 1 fully saturated rings. The second-order valence-electron chi connectivity index (χ2n) is 5.99. The molecule has 1 aliphatic carbocycles. The Morgan fingerprint density at radius 2 is 2.22 bits per heavy atom. The summed E-state index contributed by atoms with van der Waals surface area (Å²) in [6.07, 6.45) is 3.66. The largest absolute Gasteiger partial charge is 0.488 e. The Kier molecular flexibility index (Phi) is 4.36. The maximum Gasteiger partial charge on any atom is 0.381 e. The zero-order chi connectivity index (χ0) is 19.0. The Labute approximate surface area is 157 Å². The fraction of sp³-hybridized carbons (Fsp3) is 0.312. The second-order valence-corrected chi connectivity index (χ2v) is 6.95. The molecule has 0 aliphatic heterocycles. The molecule has 0 radical (unpaired) electrons. The van der Waals surface area contributed by atoms with Crippen LogP contribution in [0.5, 0.6) is 5.75 Å². The molecule has 1 aliphatic rings. The number of aryl methyl sites for hydroxylation is 1. The Hall–Kier alpha value is -3.21. The van der Waals surface area contributed by atoms with E-state index in [1.807, 2.05) is 13.0 Å². The van der Waals surface area contributed by atoms with Crippen LogP contribution in [0.15, 0.2) is 27.5 Å². The van der Waals surface area contributed by atoms with Gasteiger partial charge in [0.15, 0.2) is 5.76 Å². The Morgan fingerprint density at radius 3 is 2.89 bits per heavy atom. The van der Waals surface area contributed by atoms with E-state index in [0.717, 1.165) is 29.9 Å². The molecule has 3 heterocycles. The van der Waals surface area contributed by atoms with Crippen molar-refractivity contribution in [3.63, 3.8) is 0 Å². The van der Waals surface area contributed by atoms with Gasteiger partial charge in [-0.2, -0.15) is 5.10 Å². The number of nitrogens with one attached hydrogen (secondary N) is 2. The summed E-state index contributed by atoms with van der Waals surface area (Å²) in [7, 11) is 1.38. The lowest BCUT2D eigenvalue weighted by Crippen LogP contribution is -2.17. The summed E-state index contributed by atoms with van der Waals surface area (Å²) in [5, 5.41) is 18.6. The lowest BCUT2D eigenvalue weighted by molar-refractivity contribution is 0.0991. The van der Waals surface area contributed by atoms with E-state index in [4.69, 9.17) is 9.15 Å². The van der Waals surface area contributed by atoms with Crippen LogP contribution < -0.4 is 21.0 Å². The first-order chi connectivity index (χ1) is 13.0. The number of anilines is 2. The summed E-state index contributed by atoms with van der Waals surface area (Å²) in [6, 6.07) is 3.56. The number of carbonyl (C=O) groups excluding carboxylic acids is 1. The van der Waals surface area contributed by atoms with Crippen molar-refractivity contribution in [1.82, 2.24) is 20.0 Å². The molecular weight excluding hydrogens is 372 g/mol. The number of hydrogen-bond acceptors (Lipinski definition) is 9. The van der Waals surface area contributed by atoms with Crippen LogP contribution >= 0.6 is 11.3 Å². The maximum atomic E-state index is 12.5. The van der Waals surface area contributed by atoms with Gasteiger partial charge in [-0.25, -0.2) is 9.48 Å². The number of carbonyl (C=O) groups is 1. The SMILES string of the molecule is COc1c(NC2CC2)cc(C(=O)Nc2nnc(-n3nccc3C)s2)oc1=O. The molecule has 0 unspecified atom stereocenters. The first-order valence-corrected chi connectivity index (χ1v) is 9.01. The van der Waals surface area contributed by atoms with Crippen LogP contribution in [0, 0.1) is 6.92 Å². The molecule has 4 rings (SSSR count). The minimum atomic E-state index is -0.724. The molecule has 10 nitrogen and oxygen atoms in total. The lowest BCUT2D eigenvalue weighted by atomic mass is 10.3. The second kappa shape index (κ2) is 6.83. The molecule has 0 saturated heterocycles. The van der Waals surface area contributed by atoms with E-state index in [1.165, 1.54) is 13.2 Å². The maximum absolute atomic E-state index is 12.5. The summed E-state index contributed by atoms with van der Waals surface area (Å²) in [5.74, 6) is -0.699. The Morgan fingerprint density at radius 1 is 1.41 bits per heavy atom. The molecule has 0 bridgehead atoms. The van der Waals surface area contributed by atoms with Crippen LogP contribution in [0.2, 0.25) is 0 Å². The topological polar surface area (TPSA) is 124 Å². The van der Waals surface area contributed by atoms with Crippen LogP contribution in [-0.2, 0) is 0 Å². The number of methoxy groups -OCH3 is 1. The summed E-state index contributed by atoms with van der Waals surface area (Å²) < 4.78 is 11.8. The van der Waals surface area contributed by atoms with Crippen LogP contribution in [-0.4, -0.2) is 39.0 Å². The van der Waals surface area contributed by atoms with E-state index in [0.29, 0.717) is 10.8 Å². The average Bonchev–Trinajstić information content (AvgIpc) is 3.16. The normalized spacial score (nSPS) is 13.4. The minimum Gasteiger partial charge on any atom is -0.488 e. The number of rotatable bonds is 6. The van der Waals surface area contributed by atoms with Gasteiger partial charge >= 0.3 is 5.63 Å². The lowest BCUT2D eigenvalue weighted by Gasteiger charge is -2.10. The highest BCUT2D eigenvalue weighted by Crippen LogP contribution is 2.30. The number of hydrogen-bond donors (Lipinski definition) is 2. The number of amides is 1. The first-order valence-electron chi connectivity index (χ1n) is 8.19. The highest BCUT2D eigenvalue weighted by Gasteiger charge is 2.25. The predicted octanol–water partition coefficient (Wildman–Crippen LogP) is 1.82. The van der Waals surface area contributed by atoms with Gasteiger partial charge in [0, 0.05) is 24.0 Å². The predicted molar refractivity (Wildman–Crippen MR) is 97.9 cm³/mol. The Balaban J connectivity index is 1.56. The fourth-order valence-electron chi connectivity index (χ4n) is 2.42. The van der Waals surface area contributed by atoms with Gasteiger partial charge < -0.3 is 14.5 Å². The van der Waals surface area contributed by atoms with Crippen LogP contribution in [0.3, 0.4) is 0 Å². The summed E-state index contributed by atoms with van der Waals surface area (Å²) >= 11 is 1.15. The van der Waals surface area contributed by atoms with E-state index in [1.54, 1.807) is 10.9 Å². The first kappa shape index (κ1) is 17.2. The van der Waals surface area contributed by atoms with Crippen molar-refractivity contribution in [3.05, 3.63) is 40.2 Å². The standard InChI is InChI=1S/C16H16N6O4S/c1-8-5-6-17-22(8)16-21-20-15(27-16)19-13(23)11-7-10(18-9-3-4-9)12(25-2)14(24)26-11/h5-7,9,18H,3-4H2,1-2H3,(H,19,20,23). The molecule has 11 heteroatoms. The number of ether oxygens (including phenoxy) is 1. The summed E-state index contributed by atoms with van der Waals surface area (Å²) in [5.41, 5.74) is 0.603. The van der Waals surface area contributed by atoms with Crippen LogP contribution in [0.1, 0.15) is 29.1 Å². The van der Waals surface area contributed by atoms with Crippen molar-refractivity contribution < 1.29 is 13.9 Å². The van der Waals surface area contributed by atoms with E-state index < -0.39 is 11.5 Å². The number of nitrogens with zero attached hydrogens (tertiary/aromatic N) is 4. The molecule has 1 amide bonds. The van der Waals surface area contributed by atoms with Crippen LogP contribution in [0.4, 0.5) is 10.8 Å². The summed E-state index contributed by atoms with van der Waals surface area (Å²) in [4.78, 5) is 24.6. The highest BCUT2D eigenvalue weighted by molar-refractivity contribution is 7.17. The average molecular weight is 388 g/mol. The zero-order valence-electron chi connectivity index (χ0n) is 14.6. The Bertz CT molecular complexity index is 1050. The molecule has 3 aromatic rings. The van der Waals surface area contributed by atoms with E-state index in [9.17, 15) is 9.59 Å². The van der Waals surface area contributed by atoms with Gasteiger partial charge in [0.25, 0.3) is 5.91 Å². The van der Waals surface area contributed by atoms with Crippen molar-refractivity contribution in [3.8, 4) is 10.9 Å². The van der Waals surface area contributed by atoms with E-state index in [-0.39, 0.29) is 22.7 Å². The summed E-state index contributed by atoms with van der Waals surface area (Å²) in [6.45, 7) is 1.88. The molecule has 1 saturated carbocycles. The van der Waals surface area contributed by atoms with Gasteiger partial charge in [0.1, 0.15) is 0 Å². The quantitative estimate of drug-likeness (QED) is 0.655. The van der Waals surface area contributed by atoms with Crippen molar-refractivity contribution >= 4 is 28.1 Å². The van der Waals surface area contributed by atoms with Crippen molar-refractivity contribution in [2.75, 3.05) is 17.7 Å². The third-order valence-electron chi connectivity index (χ3n) is 3.92. The minimum absolute atomic E-state index is 0.0470.